The normalized spacial score (nSPS) is 17.6. The van der Waals surface area contributed by atoms with Gasteiger partial charge in [0.1, 0.15) is 5.60 Å². The van der Waals surface area contributed by atoms with E-state index in [4.69, 9.17) is 16.3 Å². The number of fused-ring (bicyclic) bond motifs is 1. The minimum absolute atomic E-state index is 0.213. The molecule has 0 saturated heterocycles. The first kappa shape index (κ1) is 15.1. The molecule has 20 heavy (non-hydrogen) atoms. The van der Waals surface area contributed by atoms with Crippen LogP contribution in [0.25, 0.3) is 0 Å². The van der Waals surface area contributed by atoms with Crippen LogP contribution in [0.15, 0.2) is 12.3 Å². The van der Waals surface area contributed by atoms with Gasteiger partial charge in [0.2, 0.25) is 0 Å². The Balaban J connectivity index is 2.28. The number of hydrogen-bond acceptors (Lipinski definition) is 3. The van der Waals surface area contributed by atoms with E-state index in [2.05, 4.69) is 18.8 Å². The maximum absolute atomic E-state index is 12.2. The number of ether oxygens (including phenoxy) is 1. The van der Waals surface area contributed by atoms with Crippen molar-refractivity contribution >= 4 is 17.7 Å². The number of carbonyl (C=O) groups is 1. The lowest BCUT2D eigenvalue weighted by molar-refractivity contribution is 0.0171. The standard InChI is InChI=1S/C15H21ClN2O2/c1-14(2,3)20-13(19)18-8-10-6-11(16)7-17-12(10)15(4,5)9-18/h6-7H,8-9H2,1-5H3. The van der Waals surface area contributed by atoms with Gasteiger partial charge in [-0.2, -0.15) is 0 Å². The molecular weight excluding hydrogens is 276 g/mol. The van der Waals surface area contributed by atoms with Crippen LogP contribution in [0.4, 0.5) is 4.79 Å². The van der Waals surface area contributed by atoms with E-state index in [1.807, 2.05) is 26.8 Å². The number of nitrogens with zero attached hydrogens (tertiary/aromatic N) is 2. The Labute approximate surface area is 125 Å². The molecule has 2 rings (SSSR count). The predicted molar refractivity (Wildman–Crippen MR) is 78.9 cm³/mol. The lowest BCUT2D eigenvalue weighted by Crippen LogP contribution is -2.47. The number of halogens is 1. The Hall–Kier alpha value is -1.29. The first-order valence-corrected chi connectivity index (χ1v) is 7.09. The van der Waals surface area contributed by atoms with Crippen LogP contribution in [0, 0.1) is 0 Å². The van der Waals surface area contributed by atoms with Crippen molar-refractivity contribution in [2.45, 2.75) is 52.2 Å². The lowest BCUT2D eigenvalue weighted by atomic mass is 9.82. The van der Waals surface area contributed by atoms with Gasteiger partial charge in [-0.15, -0.1) is 0 Å². The van der Waals surface area contributed by atoms with Gasteiger partial charge in [-0.25, -0.2) is 4.79 Å². The molecule has 0 fully saturated rings. The highest BCUT2D eigenvalue weighted by Gasteiger charge is 2.36. The third-order valence-electron chi connectivity index (χ3n) is 3.17. The number of amides is 1. The molecule has 0 atom stereocenters. The molecule has 4 nitrogen and oxygen atoms in total. The number of aromatic nitrogens is 1. The summed E-state index contributed by atoms with van der Waals surface area (Å²) >= 11 is 6.01. The van der Waals surface area contributed by atoms with Crippen molar-refractivity contribution in [2.75, 3.05) is 6.54 Å². The molecule has 1 aromatic heterocycles. The zero-order valence-corrected chi connectivity index (χ0v) is 13.4. The SMILES string of the molecule is CC(C)(C)OC(=O)N1Cc2cc(Cl)cnc2C(C)(C)C1. The Morgan fingerprint density at radius 2 is 2.10 bits per heavy atom. The molecular formula is C15H21ClN2O2. The third-order valence-corrected chi connectivity index (χ3v) is 3.38. The van der Waals surface area contributed by atoms with Crippen LogP contribution < -0.4 is 0 Å². The highest BCUT2D eigenvalue weighted by atomic mass is 35.5. The van der Waals surface area contributed by atoms with Crippen LogP contribution >= 0.6 is 11.6 Å². The van der Waals surface area contributed by atoms with Crippen molar-refractivity contribution in [1.29, 1.82) is 0 Å². The molecule has 0 unspecified atom stereocenters. The molecule has 110 valence electrons. The highest BCUT2D eigenvalue weighted by molar-refractivity contribution is 6.30. The van der Waals surface area contributed by atoms with Crippen LogP contribution in [-0.2, 0) is 16.7 Å². The maximum Gasteiger partial charge on any atom is 0.410 e. The summed E-state index contributed by atoms with van der Waals surface area (Å²) in [5.41, 5.74) is 1.28. The smallest absolute Gasteiger partial charge is 0.410 e. The van der Waals surface area contributed by atoms with Crippen molar-refractivity contribution in [1.82, 2.24) is 9.88 Å². The second-order valence-electron chi connectivity index (χ2n) is 6.88. The average Bonchev–Trinajstić information content (AvgIpc) is 2.24. The van der Waals surface area contributed by atoms with E-state index in [1.54, 1.807) is 11.1 Å². The molecule has 1 aliphatic heterocycles. The molecule has 0 aliphatic carbocycles. The van der Waals surface area contributed by atoms with E-state index in [1.165, 1.54) is 0 Å². The number of carbonyl (C=O) groups excluding carboxylic acids is 1. The molecule has 0 N–H and O–H groups in total. The molecule has 1 amide bonds. The minimum Gasteiger partial charge on any atom is -0.444 e. The summed E-state index contributed by atoms with van der Waals surface area (Å²) < 4.78 is 5.45. The summed E-state index contributed by atoms with van der Waals surface area (Å²) in [6, 6.07) is 1.88. The molecule has 1 aliphatic rings. The Bertz CT molecular complexity index is 535. The summed E-state index contributed by atoms with van der Waals surface area (Å²) in [4.78, 5) is 18.4. The van der Waals surface area contributed by atoms with Gasteiger partial charge >= 0.3 is 6.09 Å². The highest BCUT2D eigenvalue weighted by Crippen LogP contribution is 2.33. The first-order valence-electron chi connectivity index (χ1n) is 6.71. The Morgan fingerprint density at radius 3 is 2.70 bits per heavy atom. The zero-order chi connectivity index (χ0) is 15.1. The van der Waals surface area contributed by atoms with Crippen molar-refractivity contribution in [2.24, 2.45) is 0 Å². The number of hydrogen-bond donors (Lipinski definition) is 0. The summed E-state index contributed by atoms with van der Waals surface area (Å²) in [6.45, 7) is 10.8. The molecule has 0 bridgehead atoms. The Morgan fingerprint density at radius 1 is 1.45 bits per heavy atom. The van der Waals surface area contributed by atoms with E-state index in [9.17, 15) is 4.79 Å². The molecule has 0 aromatic carbocycles. The maximum atomic E-state index is 12.2. The summed E-state index contributed by atoms with van der Waals surface area (Å²) in [5.74, 6) is 0. The monoisotopic (exact) mass is 296 g/mol. The van der Waals surface area contributed by atoms with Gasteiger partial charge in [0.05, 0.1) is 17.3 Å². The van der Waals surface area contributed by atoms with Crippen LogP contribution in [0.5, 0.6) is 0 Å². The molecule has 5 heteroatoms. The number of rotatable bonds is 0. The van der Waals surface area contributed by atoms with E-state index in [-0.39, 0.29) is 11.5 Å². The zero-order valence-electron chi connectivity index (χ0n) is 12.7. The van der Waals surface area contributed by atoms with E-state index in [0.717, 1.165) is 11.3 Å². The summed E-state index contributed by atoms with van der Waals surface area (Å²) in [5, 5.41) is 0.589. The second kappa shape index (κ2) is 4.92. The third kappa shape index (κ3) is 3.23. The molecule has 0 saturated carbocycles. The molecule has 1 aromatic rings. The van der Waals surface area contributed by atoms with E-state index in [0.29, 0.717) is 18.1 Å². The minimum atomic E-state index is -0.492. The van der Waals surface area contributed by atoms with Gasteiger partial charge in [-0.1, -0.05) is 25.4 Å². The predicted octanol–water partition coefficient (Wildman–Crippen LogP) is 3.76. The number of pyridine rings is 1. The summed E-state index contributed by atoms with van der Waals surface area (Å²) in [6.07, 6.45) is 1.36. The van der Waals surface area contributed by atoms with Gasteiger partial charge in [0, 0.05) is 18.2 Å². The topological polar surface area (TPSA) is 42.4 Å². The fourth-order valence-electron chi connectivity index (χ4n) is 2.48. The van der Waals surface area contributed by atoms with Crippen molar-refractivity contribution < 1.29 is 9.53 Å². The van der Waals surface area contributed by atoms with Crippen molar-refractivity contribution in [3.05, 3.63) is 28.5 Å². The van der Waals surface area contributed by atoms with E-state index < -0.39 is 5.60 Å². The van der Waals surface area contributed by atoms with Gasteiger partial charge in [-0.05, 0) is 32.4 Å². The largest absolute Gasteiger partial charge is 0.444 e. The van der Waals surface area contributed by atoms with Gasteiger partial charge in [-0.3, -0.25) is 4.98 Å². The van der Waals surface area contributed by atoms with Crippen molar-refractivity contribution in [3.8, 4) is 0 Å². The second-order valence-corrected chi connectivity index (χ2v) is 7.32. The van der Waals surface area contributed by atoms with Gasteiger partial charge in [0.15, 0.2) is 0 Å². The van der Waals surface area contributed by atoms with Crippen molar-refractivity contribution in [3.63, 3.8) is 0 Å². The molecule has 0 radical (unpaired) electrons. The average molecular weight is 297 g/mol. The lowest BCUT2D eigenvalue weighted by Gasteiger charge is -2.39. The van der Waals surface area contributed by atoms with E-state index >= 15 is 0 Å². The van der Waals surface area contributed by atoms with Crippen LogP contribution in [0.1, 0.15) is 45.9 Å². The summed E-state index contributed by atoms with van der Waals surface area (Å²) in [7, 11) is 0. The Kier molecular flexibility index (Phi) is 3.71. The first-order chi connectivity index (χ1) is 9.08. The fraction of sp³-hybridized carbons (Fsp3) is 0.600. The quantitative estimate of drug-likeness (QED) is 0.732. The van der Waals surface area contributed by atoms with Gasteiger partial charge < -0.3 is 9.64 Å². The fourth-order valence-corrected chi connectivity index (χ4v) is 2.66. The van der Waals surface area contributed by atoms with Crippen LogP contribution in [0.2, 0.25) is 5.02 Å². The molecule has 2 heterocycles. The van der Waals surface area contributed by atoms with Crippen LogP contribution in [0.3, 0.4) is 0 Å². The van der Waals surface area contributed by atoms with Gasteiger partial charge in [0.25, 0.3) is 0 Å². The van der Waals surface area contributed by atoms with Crippen LogP contribution in [-0.4, -0.2) is 28.1 Å². The molecule has 0 spiro atoms.